The fraction of sp³-hybridized carbons (Fsp3) is 0.273. The summed E-state index contributed by atoms with van der Waals surface area (Å²) in [7, 11) is 4.02. The van der Waals surface area contributed by atoms with E-state index < -0.39 is 0 Å². The number of amides is 1. The molecule has 138 valence electrons. The predicted molar refractivity (Wildman–Crippen MR) is 110 cm³/mol. The zero-order chi connectivity index (χ0) is 18.8. The molecule has 0 saturated heterocycles. The molecule has 5 heteroatoms. The van der Waals surface area contributed by atoms with Gasteiger partial charge < -0.3 is 10.2 Å². The van der Waals surface area contributed by atoms with Crippen molar-refractivity contribution in [3.8, 4) is 0 Å². The Labute approximate surface area is 159 Å². The van der Waals surface area contributed by atoms with Gasteiger partial charge in [0, 0.05) is 31.1 Å². The number of likely N-dealkylation sites (N-methyl/N-ethyl adjacent to an activating group) is 2. The van der Waals surface area contributed by atoms with Gasteiger partial charge in [-0.2, -0.15) is 0 Å². The number of carbonyl (C=O) groups excluding carboxylic acids is 1. The zero-order valence-corrected chi connectivity index (χ0v) is 15.8. The first-order valence-electron chi connectivity index (χ1n) is 9.27. The number of aromatic nitrogens is 1. The van der Waals surface area contributed by atoms with Crippen LogP contribution in [-0.4, -0.2) is 43.0 Å². The minimum absolute atomic E-state index is 0.00142. The van der Waals surface area contributed by atoms with Gasteiger partial charge in [-0.15, -0.1) is 0 Å². The topological polar surface area (TPSA) is 48.5 Å². The summed E-state index contributed by atoms with van der Waals surface area (Å²) in [5.74, 6) is 0.975. The van der Waals surface area contributed by atoms with Crippen molar-refractivity contribution in [2.75, 3.05) is 37.4 Å². The van der Waals surface area contributed by atoms with E-state index in [2.05, 4.69) is 22.3 Å². The van der Waals surface area contributed by atoms with Gasteiger partial charge in [-0.3, -0.25) is 9.69 Å². The first kappa shape index (κ1) is 17.5. The first-order valence-corrected chi connectivity index (χ1v) is 9.27. The second kappa shape index (κ2) is 7.37. The van der Waals surface area contributed by atoms with Crippen LogP contribution in [0.3, 0.4) is 0 Å². The lowest BCUT2D eigenvalue weighted by Gasteiger charge is -2.19. The number of rotatable bonds is 5. The minimum Gasteiger partial charge on any atom is -0.359 e. The summed E-state index contributed by atoms with van der Waals surface area (Å²) in [6.07, 6.45) is 0.902. The minimum atomic E-state index is 0.00142. The quantitative estimate of drug-likeness (QED) is 0.758. The van der Waals surface area contributed by atoms with Crippen LogP contribution in [-0.2, 0) is 17.8 Å². The Morgan fingerprint density at radius 1 is 1.15 bits per heavy atom. The van der Waals surface area contributed by atoms with Crippen molar-refractivity contribution < 1.29 is 4.79 Å². The van der Waals surface area contributed by atoms with E-state index in [0.717, 1.165) is 47.5 Å². The molecule has 4 rings (SSSR count). The normalized spacial score (nSPS) is 13.2. The molecule has 3 aromatic rings. The Kier molecular flexibility index (Phi) is 4.77. The molecule has 5 nitrogen and oxygen atoms in total. The zero-order valence-electron chi connectivity index (χ0n) is 15.8. The summed E-state index contributed by atoms with van der Waals surface area (Å²) in [5.41, 5.74) is 4.16. The van der Waals surface area contributed by atoms with Crippen LogP contribution in [0.4, 0.5) is 11.5 Å². The molecule has 0 bridgehead atoms. The number of nitrogens with one attached hydrogen (secondary N) is 1. The van der Waals surface area contributed by atoms with Gasteiger partial charge >= 0.3 is 0 Å². The van der Waals surface area contributed by atoms with E-state index in [1.54, 1.807) is 0 Å². The van der Waals surface area contributed by atoms with E-state index >= 15 is 0 Å². The van der Waals surface area contributed by atoms with Crippen LogP contribution in [0.5, 0.6) is 0 Å². The van der Waals surface area contributed by atoms with E-state index in [4.69, 9.17) is 4.98 Å². The summed E-state index contributed by atoms with van der Waals surface area (Å²) in [6, 6.07) is 18.2. The molecule has 0 aliphatic carbocycles. The maximum atomic E-state index is 12.8. The van der Waals surface area contributed by atoms with Crippen LogP contribution < -0.4 is 10.2 Å². The molecule has 0 unspecified atom stereocenters. The van der Waals surface area contributed by atoms with Crippen molar-refractivity contribution in [2.45, 2.75) is 13.0 Å². The van der Waals surface area contributed by atoms with E-state index in [-0.39, 0.29) is 5.91 Å². The maximum Gasteiger partial charge on any atom is 0.238 e. The average Bonchev–Trinajstić information content (AvgIpc) is 3.03. The van der Waals surface area contributed by atoms with Gasteiger partial charge in [0.1, 0.15) is 5.82 Å². The van der Waals surface area contributed by atoms with Crippen LogP contribution in [0.25, 0.3) is 10.9 Å². The second-order valence-corrected chi connectivity index (χ2v) is 7.18. The molecule has 0 fully saturated rings. The maximum absolute atomic E-state index is 12.8. The third kappa shape index (κ3) is 3.64. The summed E-state index contributed by atoms with van der Waals surface area (Å²) in [5, 5.41) is 4.18. The molecule has 27 heavy (non-hydrogen) atoms. The molecule has 2 aromatic carbocycles. The number of fused-ring (bicyclic) bond motifs is 2. The SMILES string of the molecule is CN(CC(=O)Nc1c2c(nc3ccccc13)N(C)CC2)Cc1ccccc1. The second-order valence-electron chi connectivity index (χ2n) is 7.18. The Balaban J connectivity index is 1.55. The van der Waals surface area contributed by atoms with E-state index in [1.807, 2.05) is 61.5 Å². The molecular weight excluding hydrogens is 336 g/mol. The van der Waals surface area contributed by atoms with Crippen LogP contribution in [0.15, 0.2) is 54.6 Å². The van der Waals surface area contributed by atoms with Gasteiger partial charge in [0.05, 0.1) is 17.7 Å². The molecule has 1 amide bonds. The highest BCUT2D eigenvalue weighted by molar-refractivity contribution is 6.04. The number of hydrogen-bond donors (Lipinski definition) is 1. The molecule has 0 radical (unpaired) electrons. The highest BCUT2D eigenvalue weighted by Gasteiger charge is 2.24. The summed E-state index contributed by atoms with van der Waals surface area (Å²) >= 11 is 0. The lowest BCUT2D eigenvalue weighted by Crippen LogP contribution is -2.30. The number of hydrogen-bond acceptors (Lipinski definition) is 4. The van der Waals surface area contributed by atoms with Gasteiger partial charge in [-0.25, -0.2) is 4.98 Å². The van der Waals surface area contributed by atoms with Crippen molar-refractivity contribution in [3.05, 3.63) is 65.7 Å². The third-order valence-electron chi connectivity index (χ3n) is 5.00. The number of anilines is 2. The smallest absolute Gasteiger partial charge is 0.238 e. The van der Waals surface area contributed by atoms with Gasteiger partial charge in [-0.05, 0) is 25.1 Å². The van der Waals surface area contributed by atoms with Crippen molar-refractivity contribution in [3.63, 3.8) is 0 Å². The largest absolute Gasteiger partial charge is 0.359 e. The Morgan fingerprint density at radius 2 is 1.89 bits per heavy atom. The summed E-state index contributed by atoms with van der Waals surface area (Å²) < 4.78 is 0. The van der Waals surface area contributed by atoms with Gasteiger partial charge in [0.2, 0.25) is 5.91 Å². The first-order chi connectivity index (χ1) is 13.1. The van der Waals surface area contributed by atoms with Crippen LogP contribution in [0.1, 0.15) is 11.1 Å². The summed E-state index contributed by atoms with van der Waals surface area (Å²) in [4.78, 5) is 21.7. The Bertz CT molecular complexity index is 971. The fourth-order valence-corrected chi connectivity index (χ4v) is 3.69. The number of nitrogens with zero attached hydrogens (tertiary/aromatic N) is 3. The fourth-order valence-electron chi connectivity index (χ4n) is 3.69. The number of carbonyl (C=O) groups is 1. The van der Waals surface area contributed by atoms with Gasteiger partial charge in [0.15, 0.2) is 0 Å². The van der Waals surface area contributed by atoms with Crippen molar-refractivity contribution >= 4 is 28.3 Å². The number of benzene rings is 2. The van der Waals surface area contributed by atoms with Crippen molar-refractivity contribution in [1.29, 1.82) is 0 Å². The van der Waals surface area contributed by atoms with Crippen molar-refractivity contribution in [1.82, 2.24) is 9.88 Å². The Hall–Kier alpha value is -2.92. The average molecular weight is 360 g/mol. The van der Waals surface area contributed by atoms with Crippen LogP contribution in [0, 0.1) is 0 Å². The van der Waals surface area contributed by atoms with Gasteiger partial charge in [-0.1, -0.05) is 48.5 Å². The molecular formula is C22H24N4O. The standard InChI is InChI=1S/C22H24N4O/c1-25(14-16-8-4-3-5-9-16)15-20(27)24-21-17-10-6-7-11-19(17)23-22-18(21)12-13-26(22)2/h3-11H,12-15H2,1-2H3,(H,23,24,27). The molecule has 1 aromatic heterocycles. The number of pyridine rings is 1. The van der Waals surface area contributed by atoms with Crippen LogP contribution >= 0.6 is 0 Å². The molecule has 2 heterocycles. The molecule has 1 aliphatic heterocycles. The van der Waals surface area contributed by atoms with Crippen molar-refractivity contribution in [2.24, 2.45) is 0 Å². The lowest BCUT2D eigenvalue weighted by molar-refractivity contribution is -0.117. The van der Waals surface area contributed by atoms with Gasteiger partial charge in [0.25, 0.3) is 0 Å². The third-order valence-corrected chi connectivity index (χ3v) is 5.00. The number of para-hydroxylation sites is 1. The monoisotopic (exact) mass is 360 g/mol. The highest BCUT2D eigenvalue weighted by atomic mass is 16.2. The van der Waals surface area contributed by atoms with E-state index in [0.29, 0.717) is 6.54 Å². The lowest BCUT2D eigenvalue weighted by atomic mass is 10.1. The molecule has 1 aliphatic rings. The summed E-state index contributed by atoms with van der Waals surface area (Å²) in [6.45, 7) is 2.01. The van der Waals surface area contributed by atoms with E-state index in [9.17, 15) is 4.79 Å². The van der Waals surface area contributed by atoms with Crippen LogP contribution in [0.2, 0.25) is 0 Å². The molecule has 1 N–H and O–H groups in total. The molecule has 0 spiro atoms. The predicted octanol–water partition coefficient (Wildman–Crippen LogP) is 3.30. The highest BCUT2D eigenvalue weighted by Crippen LogP contribution is 2.36. The molecule has 0 atom stereocenters. The van der Waals surface area contributed by atoms with E-state index in [1.165, 1.54) is 5.56 Å². The Morgan fingerprint density at radius 3 is 2.70 bits per heavy atom. The molecule has 0 saturated carbocycles.